The molecular formula is C73H132O5. The Kier molecular flexibility index (Phi) is 66.3. The molecule has 0 aromatic heterocycles. The Morgan fingerprint density at radius 3 is 0.833 bits per heavy atom. The fourth-order valence-electron chi connectivity index (χ4n) is 10.4. The molecule has 1 N–H and O–H groups in total. The van der Waals surface area contributed by atoms with Gasteiger partial charge in [-0.3, -0.25) is 9.59 Å². The lowest BCUT2D eigenvalue weighted by Crippen LogP contribution is -2.28. The smallest absolute Gasteiger partial charge is 0.306 e. The SMILES string of the molecule is CC/C=C\C/C=C\C/C=C\C/C=C\C/C=C\C/C=C\CCCCCCCCCCCCCCCCCCC(=O)OC(CO)COC(=O)CCCCCCCCCCCCCCCCCCCCCCCCCCCCCCC. The zero-order valence-corrected chi connectivity index (χ0v) is 52.2. The van der Waals surface area contributed by atoms with E-state index >= 15 is 0 Å². The van der Waals surface area contributed by atoms with Gasteiger partial charge in [-0.25, -0.2) is 0 Å². The Morgan fingerprint density at radius 2 is 0.551 bits per heavy atom. The summed E-state index contributed by atoms with van der Waals surface area (Å²) < 4.78 is 10.8. The average Bonchev–Trinajstić information content (AvgIpc) is 3.44. The van der Waals surface area contributed by atoms with Gasteiger partial charge in [-0.15, -0.1) is 0 Å². The van der Waals surface area contributed by atoms with Crippen molar-refractivity contribution in [1.29, 1.82) is 0 Å². The van der Waals surface area contributed by atoms with Crippen LogP contribution in [-0.4, -0.2) is 36.4 Å². The normalized spacial score (nSPS) is 12.6. The number of allylic oxidation sites excluding steroid dienone is 12. The molecule has 1 unspecified atom stereocenters. The Labute approximate surface area is 486 Å². The van der Waals surface area contributed by atoms with Gasteiger partial charge in [0.2, 0.25) is 0 Å². The van der Waals surface area contributed by atoms with E-state index in [9.17, 15) is 14.7 Å². The maximum absolute atomic E-state index is 12.4. The number of hydrogen-bond donors (Lipinski definition) is 1. The van der Waals surface area contributed by atoms with Gasteiger partial charge >= 0.3 is 11.9 Å². The summed E-state index contributed by atoms with van der Waals surface area (Å²) in [4.78, 5) is 24.6. The molecule has 0 rings (SSSR count). The Balaban J connectivity index is 3.43. The van der Waals surface area contributed by atoms with Crippen LogP contribution in [0.25, 0.3) is 0 Å². The molecule has 0 saturated heterocycles. The van der Waals surface area contributed by atoms with Gasteiger partial charge in [0, 0.05) is 12.8 Å². The van der Waals surface area contributed by atoms with Crippen LogP contribution in [0.3, 0.4) is 0 Å². The molecule has 0 spiro atoms. The van der Waals surface area contributed by atoms with Crippen LogP contribution in [0.4, 0.5) is 0 Å². The van der Waals surface area contributed by atoms with Gasteiger partial charge in [0.25, 0.3) is 0 Å². The van der Waals surface area contributed by atoms with Crippen molar-refractivity contribution in [2.45, 2.75) is 367 Å². The second kappa shape index (κ2) is 68.6. The molecule has 0 bridgehead atoms. The van der Waals surface area contributed by atoms with Crippen molar-refractivity contribution >= 4 is 11.9 Å². The number of ether oxygens (including phenoxy) is 2. The minimum Gasteiger partial charge on any atom is -0.462 e. The zero-order valence-electron chi connectivity index (χ0n) is 52.2. The van der Waals surface area contributed by atoms with Crippen LogP contribution in [0, 0.1) is 0 Å². The minimum atomic E-state index is -0.773. The fourth-order valence-corrected chi connectivity index (χ4v) is 10.4. The van der Waals surface area contributed by atoms with Crippen LogP contribution in [0.1, 0.15) is 361 Å². The summed E-state index contributed by atoms with van der Waals surface area (Å²) in [5.74, 6) is -0.572. The standard InChI is InChI=1S/C73H132O5/c1-3-5-7-9-11-13-15-17-19-21-23-25-27-29-31-33-34-35-36-37-38-40-42-44-46-48-50-52-54-56-58-60-62-64-66-68-73(76)78-71(69-74)70-77-72(75)67-65-63-61-59-57-55-53-51-49-47-45-43-41-39-32-30-28-26-24-22-20-18-16-14-12-10-8-6-4-2/h5,7,11,13,17,19,23,25,29,31,34-35,71,74H,3-4,6,8-10,12,14-16,18,20-22,24,26-28,30,32-33,36-70H2,1-2H3/b7-5-,13-11-,19-17-,25-23-,31-29-,35-34-. The van der Waals surface area contributed by atoms with Crippen molar-refractivity contribution in [3.8, 4) is 0 Å². The van der Waals surface area contributed by atoms with E-state index in [1.165, 1.54) is 263 Å². The number of unbranched alkanes of at least 4 members (excludes halogenated alkanes) is 44. The number of aliphatic hydroxyl groups excluding tert-OH is 1. The molecule has 0 aliphatic carbocycles. The molecule has 0 heterocycles. The molecule has 0 fully saturated rings. The van der Waals surface area contributed by atoms with Gasteiger partial charge in [-0.1, -0.05) is 356 Å². The predicted molar refractivity (Wildman–Crippen MR) is 343 cm³/mol. The lowest BCUT2D eigenvalue weighted by Gasteiger charge is -2.15. The summed E-state index contributed by atoms with van der Waals surface area (Å²) >= 11 is 0. The molecule has 0 saturated carbocycles. The van der Waals surface area contributed by atoms with E-state index in [0.717, 1.165) is 70.6 Å². The van der Waals surface area contributed by atoms with Crippen LogP contribution in [0.15, 0.2) is 72.9 Å². The summed E-state index contributed by atoms with van der Waals surface area (Å²) in [6.07, 6.45) is 95.0. The van der Waals surface area contributed by atoms with E-state index in [-0.39, 0.29) is 25.2 Å². The minimum absolute atomic E-state index is 0.0620. The number of esters is 2. The molecule has 0 amide bonds. The molecule has 454 valence electrons. The van der Waals surface area contributed by atoms with E-state index < -0.39 is 6.10 Å². The molecule has 5 heteroatoms. The van der Waals surface area contributed by atoms with Crippen molar-refractivity contribution in [3.63, 3.8) is 0 Å². The Hall–Kier alpha value is -2.66. The number of carbonyl (C=O) groups is 2. The van der Waals surface area contributed by atoms with Gasteiger partial charge in [-0.2, -0.15) is 0 Å². The highest BCUT2D eigenvalue weighted by atomic mass is 16.6. The average molecular weight is 1090 g/mol. The lowest BCUT2D eigenvalue weighted by atomic mass is 10.0. The quantitative estimate of drug-likeness (QED) is 0.0373. The third kappa shape index (κ3) is 65.9. The monoisotopic (exact) mass is 1090 g/mol. The summed E-state index contributed by atoms with van der Waals surface area (Å²) in [6, 6.07) is 0. The summed E-state index contributed by atoms with van der Waals surface area (Å²) in [7, 11) is 0. The van der Waals surface area contributed by atoms with Crippen LogP contribution in [0.2, 0.25) is 0 Å². The van der Waals surface area contributed by atoms with Gasteiger partial charge in [0.1, 0.15) is 6.61 Å². The number of carbonyl (C=O) groups excluding carboxylic acids is 2. The molecule has 0 radical (unpaired) electrons. The summed E-state index contributed by atoms with van der Waals surface area (Å²) in [5, 5.41) is 9.70. The van der Waals surface area contributed by atoms with E-state index in [2.05, 4.69) is 86.8 Å². The van der Waals surface area contributed by atoms with Gasteiger partial charge in [0.05, 0.1) is 6.61 Å². The Bertz CT molecular complexity index is 1370. The van der Waals surface area contributed by atoms with E-state index in [0.29, 0.717) is 12.8 Å². The summed E-state index contributed by atoms with van der Waals surface area (Å²) in [5.41, 5.74) is 0. The summed E-state index contributed by atoms with van der Waals surface area (Å²) in [6.45, 7) is 4.08. The molecular weight excluding hydrogens is 957 g/mol. The molecule has 1 atom stereocenters. The third-order valence-corrected chi connectivity index (χ3v) is 15.5. The third-order valence-electron chi connectivity index (χ3n) is 15.5. The zero-order chi connectivity index (χ0) is 56.2. The fraction of sp³-hybridized carbons (Fsp3) is 0.808. The molecule has 5 nitrogen and oxygen atoms in total. The van der Waals surface area contributed by atoms with Crippen LogP contribution in [-0.2, 0) is 19.1 Å². The number of rotatable bonds is 64. The van der Waals surface area contributed by atoms with Crippen molar-refractivity contribution in [1.82, 2.24) is 0 Å². The van der Waals surface area contributed by atoms with E-state index in [1.807, 2.05) is 0 Å². The second-order valence-corrected chi connectivity index (χ2v) is 23.2. The van der Waals surface area contributed by atoms with Crippen molar-refractivity contribution in [2.75, 3.05) is 13.2 Å². The van der Waals surface area contributed by atoms with Crippen molar-refractivity contribution in [2.24, 2.45) is 0 Å². The first kappa shape index (κ1) is 75.3. The van der Waals surface area contributed by atoms with Gasteiger partial charge in [0.15, 0.2) is 6.10 Å². The second-order valence-electron chi connectivity index (χ2n) is 23.2. The Morgan fingerprint density at radius 1 is 0.308 bits per heavy atom. The van der Waals surface area contributed by atoms with Crippen molar-refractivity contribution in [3.05, 3.63) is 72.9 Å². The largest absolute Gasteiger partial charge is 0.462 e. The maximum atomic E-state index is 12.4. The molecule has 0 aromatic carbocycles. The predicted octanol–water partition coefficient (Wildman–Crippen LogP) is 23.9. The van der Waals surface area contributed by atoms with Crippen LogP contribution < -0.4 is 0 Å². The molecule has 78 heavy (non-hydrogen) atoms. The van der Waals surface area contributed by atoms with E-state index in [1.54, 1.807) is 0 Å². The number of hydrogen-bond acceptors (Lipinski definition) is 5. The first-order valence-electron chi connectivity index (χ1n) is 34.5. The highest BCUT2D eigenvalue weighted by Gasteiger charge is 2.16. The maximum Gasteiger partial charge on any atom is 0.306 e. The van der Waals surface area contributed by atoms with Gasteiger partial charge in [-0.05, 0) is 64.2 Å². The van der Waals surface area contributed by atoms with Crippen molar-refractivity contribution < 1.29 is 24.2 Å². The molecule has 0 aliphatic rings. The number of aliphatic hydroxyl groups is 1. The molecule has 0 aliphatic heterocycles. The van der Waals surface area contributed by atoms with E-state index in [4.69, 9.17) is 9.47 Å². The lowest BCUT2D eigenvalue weighted by molar-refractivity contribution is -0.161. The van der Waals surface area contributed by atoms with Crippen LogP contribution >= 0.6 is 0 Å². The first-order chi connectivity index (χ1) is 38.6. The highest BCUT2D eigenvalue weighted by Crippen LogP contribution is 2.19. The highest BCUT2D eigenvalue weighted by molar-refractivity contribution is 5.70. The topological polar surface area (TPSA) is 72.8 Å². The van der Waals surface area contributed by atoms with Crippen LogP contribution in [0.5, 0.6) is 0 Å². The van der Waals surface area contributed by atoms with Gasteiger partial charge < -0.3 is 14.6 Å². The first-order valence-corrected chi connectivity index (χ1v) is 34.5. The molecule has 0 aromatic rings.